The summed E-state index contributed by atoms with van der Waals surface area (Å²) in [6, 6.07) is 2.00. The Morgan fingerprint density at radius 3 is 2.61 bits per heavy atom. The van der Waals surface area contributed by atoms with Gasteiger partial charge in [-0.3, -0.25) is 0 Å². The molecule has 2 aliphatic rings. The molecule has 2 N–H and O–H groups in total. The molecule has 3 heterocycles. The lowest BCUT2D eigenvalue weighted by atomic mass is 9.83. The first kappa shape index (κ1) is 26.7. The molecule has 200 valence electrons. The van der Waals surface area contributed by atoms with Crippen molar-refractivity contribution in [3.8, 4) is 0 Å². The summed E-state index contributed by atoms with van der Waals surface area (Å²) in [5, 5.41) is 23.2. The van der Waals surface area contributed by atoms with Crippen molar-refractivity contribution in [3.05, 3.63) is 18.6 Å². The number of carbonyl (C=O) groups is 1. The molecule has 0 unspecified atom stereocenters. The van der Waals surface area contributed by atoms with Gasteiger partial charge in [0.25, 0.3) is 0 Å². The number of carbonyl (C=O) groups excluding carboxylic acids is 1. The molecule has 2 aromatic heterocycles. The van der Waals surface area contributed by atoms with Crippen LogP contribution in [0.5, 0.6) is 0 Å². The molecule has 0 aromatic carbocycles. The highest BCUT2D eigenvalue weighted by molar-refractivity contribution is 5.87. The number of hydrogen-bond acceptors (Lipinski definition) is 7. The number of aliphatic hydroxyl groups excluding tert-OH is 1. The second kappa shape index (κ2) is 10.5. The van der Waals surface area contributed by atoms with Crippen molar-refractivity contribution in [3.63, 3.8) is 0 Å². The van der Waals surface area contributed by atoms with Crippen LogP contribution in [-0.4, -0.2) is 79.2 Å². The summed E-state index contributed by atoms with van der Waals surface area (Å²) in [6.45, 7) is 12.3. The average molecular weight is 502 g/mol. The number of anilines is 1. The third kappa shape index (κ3) is 5.94. The van der Waals surface area contributed by atoms with Gasteiger partial charge in [-0.1, -0.05) is 19.8 Å². The highest BCUT2D eigenvalue weighted by Crippen LogP contribution is 2.33. The van der Waals surface area contributed by atoms with Gasteiger partial charge in [0, 0.05) is 25.8 Å². The summed E-state index contributed by atoms with van der Waals surface area (Å²) in [4.78, 5) is 25.4. The summed E-state index contributed by atoms with van der Waals surface area (Å²) in [7, 11) is 0. The first-order valence-electron chi connectivity index (χ1n) is 13.4. The van der Waals surface area contributed by atoms with Crippen molar-refractivity contribution in [1.82, 2.24) is 19.4 Å². The van der Waals surface area contributed by atoms with Gasteiger partial charge in [-0.05, 0) is 64.9 Å². The Bertz CT molecular complexity index is 1040. The molecule has 9 heteroatoms. The second-order valence-electron chi connectivity index (χ2n) is 11.8. The third-order valence-electron chi connectivity index (χ3n) is 7.75. The number of piperidine rings is 1. The zero-order valence-corrected chi connectivity index (χ0v) is 22.5. The number of aliphatic hydroxyl groups is 2. The summed E-state index contributed by atoms with van der Waals surface area (Å²) >= 11 is 0. The summed E-state index contributed by atoms with van der Waals surface area (Å²) in [6.07, 6.45) is 7.28. The van der Waals surface area contributed by atoms with Gasteiger partial charge in [0.15, 0.2) is 0 Å². The fourth-order valence-corrected chi connectivity index (χ4v) is 5.50. The monoisotopic (exact) mass is 501 g/mol. The maximum atomic E-state index is 12.4. The van der Waals surface area contributed by atoms with E-state index in [1.54, 1.807) is 6.33 Å². The van der Waals surface area contributed by atoms with E-state index in [0.29, 0.717) is 12.5 Å². The standard InChI is InChI=1S/C27H43N5O4/c1-6-30(15-20-9-7-19(2)8-10-20)23-21-11-13-32(24(21)29-18-28-23)17-27(35)12-14-31(16-22(27)33)25(34)36-26(3,4)5/h11,13,18-20,22,33,35H,6-10,12,14-17H2,1-5H3/t19-,20-,22-,27-/m1/s1. The normalized spacial score (nSPS) is 27.3. The van der Waals surface area contributed by atoms with E-state index in [9.17, 15) is 15.0 Å². The van der Waals surface area contributed by atoms with Gasteiger partial charge < -0.3 is 29.3 Å². The van der Waals surface area contributed by atoms with Crippen molar-refractivity contribution in [2.45, 2.75) is 90.6 Å². The van der Waals surface area contributed by atoms with Crippen LogP contribution in [0.3, 0.4) is 0 Å². The zero-order chi connectivity index (χ0) is 26.1. The van der Waals surface area contributed by atoms with Crippen LogP contribution in [0.15, 0.2) is 18.6 Å². The van der Waals surface area contributed by atoms with Crippen molar-refractivity contribution in [1.29, 1.82) is 0 Å². The number of hydrogen-bond donors (Lipinski definition) is 2. The predicted molar refractivity (Wildman–Crippen MR) is 140 cm³/mol. The van der Waals surface area contributed by atoms with Crippen molar-refractivity contribution < 1.29 is 19.7 Å². The molecule has 0 radical (unpaired) electrons. The van der Waals surface area contributed by atoms with E-state index in [-0.39, 0.29) is 19.5 Å². The van der Waals surface area contributed by atoms with Gasteiger partial charge in [-0.15, -0.1) is 0 Å². The van der Waals surface area contributed by atoms with Crippen LogP contribution in [-0.2, 0) is 11.3 Å². The number of ether oxygens (including phenoxy) is 1. The molecule has 2 fully saturated rings. The molecule has 2 aromatic rings. The van der Waals surface area contributed by atoms with E-state index >= 15 is 0 Å². The molecule has 0 spiro atoms. The lowest BCUT2D eigenvalue weighted by Gasteiger charge is -2.42. The van der Waals surface area contributed by atoms with Crippen molar-refractivity contribution in [2.24, 2.45) is 11.8 Å². The largest absolute Gasteiger partial charge is 0.444 e. The summed E-state index contributed by atoms with van der Waals surface area (Å²) < 4.78 is 7.32. The van der Waals surface area contributed by atoms with E-state index < -0.39 is 23.4 Å². The Morgan fingerprint density at radius 1 is 1.25 bits per heavy atom. The van der Waals surface area contributed by atoms with E-state index in [4.69, 9.17) is 4.74 Å². The molecule has 1 aliphatic heterocycles. The number of nitrogens with zero attached hydrogens (tertiary/aromatic N) is 5. The molecule has 9 nitrogen and oxygen atoms in total. The first-order chi connectivity index (χ1) is 17.0. The fourth-order valence-electron chi connectivity index (χ4n) is 5.50. The van der Waals surface area contributed by atoms with Crippen LogP contribution < -0.4 is 4.90 Å². The highest BCUT2D eigenvalue weighted by Gasteiger charge is 2.43. The van der Waals surface area contributed by atoms with Gasteiger partial charge >= 0.3 is 6.09 Å². The first-order valence-corrected chi connectivity index (χ1v) is 13.4. The maximum absolute atomic E-state index is 12.4. The summed E-state index contributed by atoms with van der Waals surface area (Å²) in [5.74, 6) is 2.43. The van der Waals surface area contributed by atoms with Crippen LogP contribution in [0.25, 0.3) is 11.0 Å². The van der Waals surface area contributed by atoms with Crippen LogP contribution in [0.1, 0.15) is 66.7 Å². The number of amides is 1. The molecule has 1 saturated heterocycles. The van der Waals surface area contributed by atoms with Gasteiger partial charge in [0.05, 0.1) is 18.5 Å². The SMILES string of the molecule is CCN(C[C@H]1CC[C@H](C)CC1)c1ncnc2c1ccn2C[C@]1(O)CCN(C(=O)OC(C)(C)C)C[C@H]1O. The molecule has 1 amide bonds. The number of rotatable bonds is 6. The van der Waals surface area contributed by atoms with Gasteiger partial charge in [-0.2, -0.15) is 0 Å². The van der Waals surface area contributed by atoms with Crippen molar-refractivity contribution in [2.75, 3.05) is 31.1 Å². The maximum Gasteiger partial charge on any atom is 0.410 e. The van der Waals surface area contributed by atoms with Crippen molar-refractivity contribution >= 4 is 22.9 Å². The van der Waals surface area contributed by atoms with Crippen LogP contribution in [0, 0.1) is 11.8 Å². The molecule has 1 aliphatic carbocycles. The second-order valence-corrected chi connectivity index (χ2v) is 11.8. The van der Waals surface area contributed by atoms with Crippen LogP contribution >= 0.6 is 0 Å². The fraction of sp³-hybridized carbons (Fsp3) is 0.741. The molecular formula is C27H43N5O4. The Balaban J connectivity index is 1.47. The van der Waals surface area contributed by atoms with E-state index in [2.05, 4.69) is 28.7 Å². The molecule has 4 rings (SSSR count). The van der Waals surface area contributed by atoms with Gasteiger partial charge in [0.2, 0.25) is 0 Å². The number of likely N-dealkylation sites (tertiary alicyclic amines) is 1. The minimum absolute atomic E-state index is 0.0223. The summed E-state index contributed by atoms with van der Waals surface area (Å²) in [5.41, 5.74) is -1.25. The number of β-amino-alcohol motifs (C(OH)–C–C–N with tert-alkyl or cyclic N) is 1. The lowest BCUT2D eigenvalue weighted by Crippen LogP contribution is -2.59. The Morgan fingerprint density at radius 2 is 1.97 bits per heavy atom. The molecule has 36 heavy (non-hydrogen) atoms. The lowest BCUT2D eigenvalue weighted by molar-refractivity contribution is -0.125. The van der Waals surface area contributed by atoms with E-state index in [0.717, 1.165) is 35.9 Å². The quantitative estimate of drug-likeness (QED) is 0.620. The van der Waals surface area contributed by atoms with Gasteiger partial charge in [-0.25, -0.2) is 14.8 Å². The minimum Gasteiger partial charge on any atom is -0.444 e. The van der Waals surface area contributed by atoms with E-state index in [1.165, 1.54) is 30.6 Å². The number of aromatic nitrogens is 3. The number of fused-ring (bicyclic) bond motifs is 1. The Kier molecular flexibility index (Phi) is 7.80. The Hall–Kier alpha value is -2.39. The topological polar surface area (TPSA) is 104 Å². The Labute approximate surface area is 214 Å². The highest BCUT2D eigenvalue weighted by atomic mass is 16.6. The van der Waals surface area contributed by atoms with Gasteiger partial charge in [0.1, 0.15) is 35.1 Å². The van der Waals surface area contributed by atoms with Crippen LogP contribution in [0.2, 0.25) is 0 Å². The molecule has 0 bridgehead atoms. The molecule has 2 atom stereocenters. The predicted octanol–water partition coefficient (Wildman–Crippen LogP) is 3.82. The minimum atomic E-state index is -1.38. The zero-order valence-electron chi connectivity index (χ0n) is 22.5. The van der Waals surface area contributed by atoms with Crippen LogP contribution in [0.4, 0.5) is 10.6 Å². The van der Waals surface area contributed by atoms with E-state index in [1.807, 2.05) is 37.6 Å². The average Bonchev–Trinajstić information content (AvgIpc) is 3.22. The molecular weight excluding hydrogens is 458 g/mol. The third-order valence-corrected chi connectivity index (χ3v) is 7.75. The molecule has 1 saturated carbocycles. The smallest absolute Gasteiger partial charge is 0.410 e.